The smallest absolute Gasteiger partial charge is 0.243 e. The van der Waals surface area contributed by atoms with Gasteiger partial charge in [0.25, 0.3) is 0 Å². The van der Waals surface area contributed by atoms with Crippen LogP contribution in [-0.4, -0.2) is 57.9 Å². The maximum atomic E-state index is 12.7. The molecule has 1 aliphatic rings. The van der Waals surface area contributed by atoms with E-state index in [4.69, 9.17) is 0 Å². The average molecular weight is 317 g/mol. The second-order valence-corrected chi connectivity index (χ2v) is 8.54. The van der Waals surface area contributed by atoms with E-state index in [9.17, 15) is 8.42 Å². The molecule has 114 valence electrons. The molecule has 0 radical (unpaired) electrons. The third-order valence-electron chi connectivity index (χ3n) is 3.82. The van der Waals surface area contributed by atoms with Gasteiger partial charge >= 0.3 is 0 Å². The van der Waals surface area contributed by atoms with Gasteiger partial charge in [-0.25, -0.2) is 8.42 Å². The number of thiophene rings is 1. The Bertz CT molecular complexity index is 554. The first-order chi connectivity index (χ1) is 9.36. The predicted molar refractivity (Wildman–Crippen MR) is 82.5 cm³/mol. The van der Waals surface area contributed by atoms with Crippen LogP contribution in [0.4, 0.5) is 0 Å². The lowest BCUT2D eigenvalue weighted by Crippen LogP contribution is -2.35. The summed E-state index contributed by atoms with van der Waals surface area (Å²) in [5, 5.41) is 4.79. The van der Waals surface area contributed by atoms with E-state index in [1.165, 1.54) is 11.3 Å². The molecule has 0 spiro atoms. The lowest BCUT2D eigenvalue weighted by atomic mass is 10.1. The van der Waals surface area contributed by atoms with Crippen molar-refractivity contribution in [3.05, 3.63) is 16.3 Å². The van der Waals surface area contributed by atoms with Crippen molar-refractivity contribution in [3.63, 3.8) is 0 Å². The van der Waals surface area contributed by atoms with Crippen LogP contribution in [0.2, 0.25) is 0 Å². The summed E-state index contributed by atoms with van der Waals surface area (Å²) in [6.07, 6.45) is 0. The fourth-order valence-corrected chi connectivity index (χ4v) is 5.52. The fourth-order valence-electron chi connectivity index (χ4n) is 2.69. The summed E-state index contributed by atoms with van der Waals surface area (Å²) in [5.74, 6) is 0.357. The molecule has 0 aromatic carbocycles. The minimum Gasteiger partial charge on any atom is -0.315 e. The van der Waals surface area contributed by atoms with Crippen molar-refractivity contribution in [1.82, 2.24) is 14.5 Å². The number of rotatable bonds is 5. The Morgan fingerprint density at radius 3 is 2.70 bits per heavy atom. The monoisotopic (exact) mass is 317 g/mol. The van der Waals surface area contributed by atoms with E-state index in [-0.39, 0.29) is 0 Å². The van der Waals surface area contributed by atoms with Crippen LogP contribution in [0.25, 0.3) is 0 Å². The highest BCUT2D eigenvalue weighted by Crippen LogP contribution is 2.28. The van der Waals surface area contributed by atoms with Gasteiger partial charge in [0.05, 0.1) is 4.90 Å². The Balaban J connectivity index is 2.18. The summed E-state index contributed by atoms with van der Waals surface area (Å²) in [5.41, 5.74) is 0. The van der Waals surface area contributed by atoms with Gasteiger partial charge in [0.1, 0.15) is 0 Å². The van der Waals surface area contributed by atoms with Gasteiger partial charge in [0.15, 0.2) is 0 Å². The molecule has 0 amide bonds. The molecule has 20 heavy (non-hydrogen) atoms. The molecule has 0 saturated carbocycles. The molecule has 1 aliphatic heterocycles. The fraction of sp³-hybridized carbons (Fsp3) is 0.692. The largest absolute Gasteiger partial charge is 0.315 e. The SMILES string of the molecule is CNCc1cc(S(=O)(=O)N2CC(C)C(N(C)C)C2)cs1. The highest BCUT2D eigenvalue weighted by Gasteiger charge is 2.38. The summed E-state index contributed by atoms with van der Waals surface area (Å²) in [4.78, 5) is 3.59. The number of nitrogens with one attached hydrogen (secondary N) is 1. The van der Waals surface area contributed by atoms with E-state index < -0.39 is 10.0 Å². The number of hydrogen-bond acceptors (Lipinski definition) is 5. The van der Waals surface area contributed by atoms with Crippen LogP contribution >= 0.6 is 11.3 Å². The third-order valence-corrected chi connectivity index (χ3v) is 6.72. The molecule has 1 N–H and O–H groups in total. The molecule has 1 aromatic heterocycles. The number of likely N-dealkylation sites (N-methyl/N-ethyl adjacent to an activating group) is 1. The van der Waals surface area contributed by atoms with E-state index in [0.29, 0.717) is 36.5 Å². The van der Waals surface area contributed by atoms with Gasteiger partial charge in [-0.05, 0) is 33.1 Å². The first-order valence-corrected chi connectivity index (χ1v) is 9.06. The zero-order valence-corrected chi connectivity index (χ0v) is 14.1. The number of hydrogen-bond donors (Lipinski definition) is 1. The van der Waals surface area contributed by atoms with Gasteiger partial charge in [-0.2, -0.15) is 4.31 Å². The average Bonchev–Trinajstić information content (AvgIpc) is 2.96. The Hall–Kier alpha value is -0.470. The minimum atomic E-state index is -3.35. The van der Waals surface area contributed by atoms with Crippen molar-refractivity contribution in [2.45, 2.75) is 24.4 Å². The van der Waals surface area contributed by atoms with Crippen molar-refractivity contribution >= 4 is 21.4 Å². The number of sulfonamides is 1. The van der Waals surface area contributed by atoms with Crippen molar-refractivity contribution in [1.29, 1.82) is 0 Å². The number of nitrogens with zero attached hydrogens (tertiary/aromatic N) is 2. The maximum Gasteiger partial charge on any atom is 0.243 e. The van der Waals surface area contributed by atoms with Crippen molar-refractivity contribution < 1.29 is 8.42 Å². The second kappa shape index (κ2) is 6.11. The molecule has 0 aliphatic carbocycles. The molecule has 5 nitrogen and oxygen atoms in total. The van der Waals surface area contributed by atoms with Crippen LogP contribution in [0, 0.1) is 5.92 Å². The molecule has 2 unspecified atom stereocenters. The lowest BCUT2D eigenvalue weighted by Gasteiger charge is -2.22. The minimum absolute atomic E-state index is 0.292. The van der Waals surface area contributed by atoms with E-state index >= 15 is 0 Å². The summed E-state index contributed by atoms with van der Waals surface area (Å²) < 4.78 is 26.9. The van der Waals surface area contributed by atoms with Crippen LogP contribution < -0.4 is 5.32 Å². The van der Waals surface area contributed by atoms with Gasteiger partial charge in [-0.15, -0.1) is 11.3 Å². The van der Waals surface area contributed by atoms with Crippen molar-refractivity contribution in [2.75, 3.05) is 34.2 Å². The molecule has 1 fully saturated rings. The Morgan fingerprint density at radius 1 is 1.45 bits per heavy atom. The van der Waals surface area contributed by atoms with Crippen LogP contribution in [-0.2, 0) is 16.6 Å². The van der Waals surface area contributed by atoms with Crippen molar-refractivity contribution in [2.24, 2.45) is 5.92 Å². The maximum absolute atomic E-state index is 12.7. The highest BCUT2D eigenvalue weighted by molar-refractivity contribution is 7.89. The first kappa shape index (κ1) is 15.9. The molecule has 2 atom stereocenters. The Kier molecular flexibility index (Phi) is 4.86. The molecular weight excluding hydrogens is 294 g/mol. The zero-order chi connectivity index (χ0) is 14.9. The Morgan fingerprint density at radius 2 is 2.15 bits per heavy atom. The normalized spacial score (nSPS) is 24.6. The van der Waals surface area contributed by atoms with Crippen LogP contribution in [0.3, 0.4) is 0 Å². The van der Waals surface area contributed by atoms with Crippen LogP contribution in [0.1, 0.15) is 11.8 Å². The molecule has 0 bridgehead atoms. The van der Waals surface area contributed by atoms with Gasteiger partial charge < -0.3 is 10.2 Å². The summed E-state index contributed by atoms with van der Waals surface area (Å²) in [7, 11) is 2.53. The molecule has 7 heteroatoms. The van der Waals surface area contributed by atoms with Crippen LogP contribution in [0.5, 0.6) is 0 Å². The predicted octanol–water partition coefficient (Wildman–Crippen LogP) is 1.04. The standard InChI is InChI=1S/C13H23N3O2S2/c1-10-7-16(8-13(10)15(3)4)20(17,18)12-5-11(6-14-2)19-9-12/h5,9-10,13-14H,6-8H2,1-4H3. The van der Waals surface area contributed by atoms with Crippen LogP contribution in [0.15, 0.2) is 16.3 Å². The quantitative estimate of drug-likeness (QED) is 0.881. The van der Waals surface area contributed by atoms with E-state index in [1.54, 1.807) is 15.8 Å². The molecule has 2 heterocycles. The lowest BCUT2D eigenvalue weighted by molar-refractivity contribution is 0.263. The van der Waals surface area contributed by atoms with Gasteiger partial charge in [-0.3, -0.25) is 0 Å². The Labute approximate surface area is 125 Å². The summed E-state index contributed by atoms with van der Waals surface area (Å²) in [6.45, 7) is 3.99. The molecular formula is C13H23N3O2S2. The second-order valence-electron chi connectivity index (χ2n) is 5.61. The molecule has 1 saturated heterocycles. The highest BCUT2D eigenvalue weighted by atomic mass is 32.2. The van der Waals surface area contributed by atoms with E-state index in [2.05, 4.69) is 17.1 Å². The zero-order valence-electron chi connectivity index (χ0n) is 12.5. The summed E-state index contributed by atoms with van der Waals surface area (Å²) in [6, 6.07) is 2.07. The van der Waals surface area contributed by atoms with Gasteiger partial charge in [0, 0.05) is 35.9 Å². The van der Waals surface area contributed by atoms with Crippen molar-refractivity contribution in [3.8, 4) is 0 Å². The van der Waals surface area contributed by atoms with Gasteiger partial charge in [0.2, 0.25) is 10.0 Å². The first-order valence-electron chi connectivity index (χ1n) is 6.75. The van der Waals surface area contributed by atoms with E-state index in [0.717, 1.165) is 4.88 Å². The van der Waals surface area contributed by atoms with E-state index in [1.807, 2.05) is 21.1 Å². The third kappa shape index (κ3) is 3.07. The molecule has 2 rings (SSSR count). The molecule has 1 aromatic rings. The topological polar surface area (TPSA) is 52.7 Å². The summed E-state index contributed by atoms with van der Waals surface area (Å²) >= 11 is 1.49. The van der Waals surface area contributed by atoms with Gasteiger partial charge in [-0.1, -0.05) is 6.92 Å².